The summed E-state index contributed by atoms with van der Waals surface area (Å²) in [6.07, 6.45) is 1.24. The Balaban J connectivity index is 2.31. The lowest BCUT2D eigenvalue weighted by Crippen LogP contribution is -2.49. The van der Waals surface area contributed by atoms with E-state index in [2.05, 4.69) is 5.32 Å². The summed E-state index contributed by atoms with van der Waals surface area (Å²) >= 11 is 0. The number of nitrogens with zero attached hydrogens (tertiary/aromatic N) is 1. The Morgan fingerprint density at radius 1 is 1.44 bits per heavy atom. The summed E-state index contributed by atoms with van der Waals surface area (Å²) in [5, 5.41) is 10.2. The van der Waals surface area contributed by atoms with Gasteiger partial charge in [0, 0.05) is 13.1 Å². The highest BCUT2D eigenvalue weighted by atomic mass is 16.2. The van der Waals surface area contributed by atoms with Crippen molar-refractivity contribution >= 4 is 12.2 Å². The Hall–Kier alpha value is -1.84. The number of aryl methyl sites for hydroxylation is 1. The molecular formula is C12H15N3O. The highest BCUT2D eigenvalue weighted by molar-refractivity contribution is 5.86. The van der Waals surface area contributed by atoms with Crippen molar-refractivity contribution in [1.29, 1.82) is 5.41 Å². The molecule has 1 heterocycles. The van der Waals surface area contributed by atoms with Crippen LogP contribution in [0.1, 0.15) is 17.2 Å². The summed E-state index contributed by atoms with van der Waals surface area (Å²) < 4.78 is 0. The Morgan fingerprint density at radius 3 is 2.75 bits per heavy atom. The topological polar surface area (TPSA) is 56.2 Å². The minimum Gasteiger partial charge on any atom is -0.352 e. The second kappa shape index (κ2) is 4.35. The Kier molecular flexibility index (Phi) is 2.90. The molecular weight excluding hydrogens is 202 g/mol. The van der Waals surface area contributed by atoms with Crippen molar-refractivity contribution in [2.24, 2.45) is 0 Å². The molecule has 0 aromatic heterocycles. The molecule has 1 atom stereocenters. The second-order valence-corrected chi connectivity index (χ2v) is 3.97. The van der Waals surface area contributed by atoms with Crippen molar-refractivity contribution in [2.45, 2.75) is 13.0 Å². The maximum absolute atomic E-state index is 11.8. The molecule has 0 aliphatic carbocycles. The molecule has 2 N–H and O–H groups in total. The summed E-state index contributed by atoms with van der Waals surface area (Å²) in [5.41, 5.74) is 2.10. The average molecular weight is 217 g/mol. The van der Waals surface area contributed by atoms with Gasteiger partial charge in [-0.15, -0.1) is 0 Å². The molecule has 1 aliphatic heterocycles. The van der Waals surface area contributed by atoms with Crippen molar-refractivity contribution in [3.63, 3.8) is 0 Å². The van der Waals surface area contributed by atoms with E-state index in [-0.39, 0.29) is 11.9 Å². The van der Waals surface area contributed by atoms with E-state index in [0.717, 1.165) is 5.56 Å². The quantitative estimate of drug-likeness (QED) is 0.575. The van der Waals surface area contributed by atoms with Gasteiger partial charge in [0.15, 0.2) is 0 Å². The molecule has 1 unspecified atom stereocenters. The predicted octanol–water partition coefficient (Wildman–Crippen LogP) is 1.07. The van der Waals surface area contributed by atoms with Crippen molar-refractivity contribution < 1.29 is 4.79 Å². The van der Waals surface area contributed by atoms with Gasteiger partial charge in [-0.3, -0.25) is 10.2 Å². The smallest absolute Gasteiger partial charge is 0.247 e. The van der Waals surface area contributed by atoms with E-state index in [4.69, 9.17) is 5.41 Å². The third-order valence-corrected chi connectivity index (χ3v) is 2.81. The lowest BCUT2D eigenvalue weighted by molar-refractivity contribution is -0.127. The fourth-order valence-electron chi connectivity index (χ4n) is 1.92. The minimum absolute atomic E-state index is 0.0291. The number of rotatable bonds is 2. The first-order valence-electron chi connectivity index (χ1n) is 5.33. The fourth-order valence-corrected chi connectivity index (χ4v) is 1.92. The first-order chi connectivity index (χ1) is 7.72. The van der Waals surface area contributed by atoms with Gasteiger partial charge in [-0.25, -0.2) is 0 Å². The van der Waals surface area contributed by atoms with E-state index in [1.54, 1.807) is 4.90 Å². The molecule has 2 rings (SSSR count). The van der Waals surface area contributed by atoms with Crippen LogP contribution in [0.5, 0.6) is 0 Å². The van der Waals surface area contributed by atoms with Crippen LogP contribution in [0.4, 0.5) is 0 Å². The molecule has 4 nitrogen and oxygen atoms in total. The molecule has 1 aromatic rings. The number of hydrogen-bond acceptors (Lipinski definition) is 2. The van der Waals surface area contributed by atoms with Crippen LogP contribution in [-0.2, 0) is 4.79 Å². The SMILES string of the molecule is Cc1ccc(C2C(=O)NCCN2C=N)cc1. The normalized spacial score (nSPS) is 20.4. The molecule has 84 valence electrons. The second-order valence-electron chi connectivity index (χ2n) is 3.97. The molecule has 1 saturated heterocycles. The first-order valence-corrected chi connectivity index (χ1v) is 5.33. The first kappa shape index (κ1) is 10.7. The van der Waals surface area contributed by atoms with Crippen molar-refractivity contribution in [3.8, 4) is 0 Å². The number of carbonyl (C=O) groups is 1. The van der Waals surface area contributed by atoms with Crippen molar-refractivity contribution in [1.82, 2.24) is 10.2 Å². The van der Waals surface area contributed by atoms with Crippen LogP contribution in [0.15, 0.2) is 24.3 Å². The van der Waals surface area contributed by atoms with E-state index in [1.807, 2.05) is 31.2 Å². The Bertz CT molecular complexity index is 399. The van der Waals surface area contributed by atoms with Gasteiger partial charge >= 0.3 is 0 Å². The average Bonchev–Trinajstić information content (AvgIpc) is 2.30. The highest BCUT2D eigenvalue weighted by Gasteiger charge is 2.28. The molecule has 1 amide bonds. The lowest BCUT2D eigenvalue weighted by atomic mass is 10.0. The molecule has 0 radical (unpaired) electrons. The van der Waals surface area contributed by atoms with Gasteiger partial charge in [0.2, 0.25) is 5.91 Å². The summed E-state index contributed by atoms with van der Waals surface area (Å²) in [6.45, 7) is 3.31. The highest BCUT2D eigenvalue weighted by Crippen LogP contribution is 2.22. The lowest BCUT2D eigenvalue weighted by Gasteiger charge is -2.33. The van der Waals surface area contributed by atoms with Crippen LogP contribution in [0.3, 0.4) is 0 Å². The monoisotopic (exact) mass is 217 g/mol. The van der Waals surface area contributed by atoms with E-state index < -0.39 is 0 Å². The molecule has 0 spiro atoms. The summed E-state index contributed by atoms with van der Waals surface area (Å²) in [6, 6.07) is 7.51. The number of hydrogen-bond donors (Lipinski definition) is 2. The van der Waals surface area contributed by atoms with Crippen LogP contribution in [0, 0.1) is 12.3 Å². The molecule has 1 aliphatic rings. The van der Waals surface area contributed by atoms with Crippen LogP contribution in [0.25, 0.3) is 0 Å². The fraction of sp³-hybridized carbons (Fsp3) is 0.333. The number of nitrogens with one attached hydrogen (secondary N) is 2. The van der Waals surface area contributed by atoms with Crippen molar-refractivity contribution in [2.75, 3.05) is 13.1 Å². The number of benzene rings is 1. The molecule has 1 fully saturated rings. The number of amides is 1. The standard InChI is InChI=1S/C12H15N3O/c1-9-2-4-10(5-3-9)11-12(16)14-6-7-15(11)8-13/h2-5,8,11,13H,6-7H2,1H3,(H,14,16). The van der Waals surface area contributed by atoms with E-state index >= 15 is 0 Å². The predicted molar refractivity (Wildman–Crippen MR) is 62.4 cm³/mol. The molecule has 1 aromatic carbocycles. The zero-order valence-electron chi connectivity index (χ0n) is 9.23. The zero-order valence-corrected chi connectivity index (χ0v) is 9.23. The van der Waals surface area contributed by atoms with Gasteiger partial charge in [-0.05, 0) is 12.5 Å². The largest absolute Gasteiger partial charge is 0.352 e. The molecule has 4 heteroatoms. The molecule has 0 bridgehead atoms. The van der Waals surface area contributed by atoms with Gasteiger partial charge in [0.05, 0.1) is 6.34 Å². The third kappa shape index (κ3) is 1.91. The Labute approximate surface area is 94.8 Å². The van der Waals surface area contributed by atoms with Crippen LogP contribution < -0.4 is 5.32 Å². The maximum atomic E-state index is 11.8. The number of carbonyl (C=O) groups excluding carboxylic acids is 1. The molecule has 16 heavy (non-hydrogen) atoms. The minimum atomic E-state index is -0.355. The van der Waals surface area contributed by atoms with Crippen LogP contribution >= 0.6 is 0 Å². The maximum Gasteiger partial charge on any atom is 0.247 e. The van der Waals surface area contributed by atoms with Gasteiger partial charge in [-0.2, -0.15) is 0 Å². The Morgan fingerprint density at radius 2 is 2.12 bits per heavy atom. The van der Waals surface area contributed by atoms with E-state index in [0.29, 0.717) is 13.1 Å². The van der Waals surface area contributed by atoms with E-state index in [9.17, 15) is 4.79 Å². The van der Waals surface area contributed by atoms with Gasteiger partial charge in [0.1, 0.15) is 6.04 Å². The van der Waals surface area contributed by atoms with Gasteiger partial charge in [-0.1, -0.05) is 29.8 Å². The molecule has 0 saturated carbocycles. The van der Waals surface area contributed by atoms with Gasteiger partial charge < -0.3 is 10.2 Å². The third-order valence-electron chi connectivity index (χ3n) is 2.81. The van der Waals surface area contributed by atoms with Crippen LogP contribution in [-0.4, -0.2) is 30.2 Å². The van der Waals surface area contributed by atoms with Crippen molar-refractivity contribution in [3.05, 3.63) is 35.4 Å². The van der Waals surface area contributed by atoms with Gasteiger partial charge in [0.25, 0.3) is 0 Å². The summed E-state index contributed by atoms with van der Waals surface area (Å²) in [5.74, 6) is -0.0291. The van der Waals surface area contributed by atoms with E-state index in [1.165, 1.54) is 11.9 Å². The summed E-state index contributed by atoms with van der Waals surface area (Å²) in [7, 11) is 0. The zero-order chi connectivity index (χ0) is 11.5. The number of piperazine rings is 1. The van der Waals surface area contributed by atoms with Crippen LogP contribution in [0.2, 0.25) is 0 Å². The summed E-state index contributed by atoms with van der Waals surface area (Å²) in [4.78, 5) is 13.5.